The van der Waals surface area contributed by atoms with E-state index >= 15 is 0 Å². The van der Waals surface area contributed by atoms with Gasteiger partial charge in [-0.05, 0) is 36.2 Å². The molecule has 31 heavy (non-hydrogen) atoms. The highest BCUT2D eigenvalue weighted by atomic mass is 32.2. The summed E-state index contributed by atoms with van der Waals surface area (Å²) in [5.74, 6) is -0.939. The zero-order chi connectivity index (χ0) is 22.6. The highest BCUT2D eigenvalue weighted by Crippen LogP contribution is 2.25. The Hall–Kier alpha value is -2.73. The summed E-state index contributed by atoms with van der Waals surface area (Å²) in [4.78, 5) is 30.0. The lowest BCUT2D eigenvalue weighted by Gasteiger charge is -2.23. The number of likely N-dealkylation sites (N-methyl/N-ethyl adjacent to an activating group) is 1. The standard InChI is InChI=1S/C20H25FN4O5S/c1-24(20(27)30-11-10-29-2)8-9-25(14-19(26)23-28)31-17-6-7-18(22-13-17)15-4-3-5-16(21)12-15/h3-7,12-13,28H,8-11,14H2,1-2H3,(H,23,26). The summed E-state index contributed by atoms with van der Waals surface area (Å²) < 4.78 is 25.0. The fourth-order valence-corrected chi connectivity index (χ4v) is 3.31. The molecule has 2 aromatic rings. The van der Waals surface area contributed by atoms with Crippen LogP contribution in [0.4, 0.5) is 9.18 Å². The fraction of sp³-hybridized carbons (Fsp3) is 0.350. The monoisotopic (exact) mass is 452 g/mol. The second-order valence-electron chi connectivity index (χ2n) is 6.41. The average Bonchev–Trinajstić information content (AvgIpc) is 2.77. The molecule has 0 aliphatic heterocycles. The Morgan fingerprint density at radius 3 is 2.68 bits per heavy atom. The molecule has 0 spiro atoms. The van der Waals surface area contributed by atoms with E-state index in [4.69, 9.17) is 14.7 Å². The number of hydrogen-bond donors (Lipinski definition) is 2. The second kappa shape index (κ2) is 12.8. The summed E-state index contributed by atoms with van der Waals surface area (Å²) in [5, 5.41) is 8.85. The molecule has 11 heteroatoms. The highest BCUT2D eigenvalue weighted by molar-refractivity contribution is 7.97. The van der Waals surface area contributed by atoms with Crippen LogP contribution in [0.5, 0.6) is 0 Å². The van der Waals surface area contributed by atoms with Gasteiger partial charge in [0, 0.05) is 43.9 Å². The Balaban J connectivity index is 1.98. The summed E-state index contributed by atoms with van der Waals surface area (Å²) in [7, 11) is 3.10. The first-order valence-corrected chi connectivity index (χ1v) is 10.1. The smallest absolute Gasteiger partial charge is 0.409 e. The number of hydrogen-bond acceptors (Lipinski definition) is 8. The zero-order valence-corrected chi connectivity index (χ0v) is 18.1. The summed E-state index contributed by atoms with van der Waals surface area (Å²) in [5.41, 5.74) is 2.86. The molecule has 0 saturated carbocycles. The van der Waals surface area contributed by atoms with Crippen LogP contribution >= 0.6 is 11.9 Å². The molecule has 0 atom stereocenters. The molecular weight excluding hydrogens is 427 g/mol. The van der Waals surface area contributed by atoms with Gasteiger partial charge >= 0.3 is 6.09 Å². The number of amides is 2. The van der Waals surface area contributed by atoms with E-state index in [0.717, 1.165) is 4.90 Å². The maximum absolute atomic E-state index is 13.4. The van der Waals surface area contributed by atoms with Gasteiger partial charge in [0.25, 0.3) is 5.91 Å². The Morgan fingerprint density at radius 2 is 2.03 bits per heavy atom. The van der Waals surface area contributed by atoms with Crippen molar-refractivity contribution in [3.05, 3.63) is 48.4 Å². The molecule has 9 nitrogen and oxygen atoms in total. The molecule has 168 valence electrons. The van der Waals surface area contributed by atoms with Gasteiger partial charge in [0.05, 0.1) is 18.8 Å². The van der Waals surface area contributed by atoms with Crippen LogP contribution in [0, 0.1) is 5.82 Å². The van der Waals surface area contributed by atoms with Gasteiger partial charge in [0.1, 0.15) is 12.4 Å². The van der Waals surface area contributed by atoms with Crippen molar-refractivity contribution in [3.8, 4) is 11.3 Å². The maximum atomic E-state index is 13.4. The molecule has 2 amide bonds. The topological polar surface area (TPSA) is 104 Å². The predicted octanol–water partition coefficient (Wildman–Crippen LogP) is 2.42. The quantitative estimate of drug-likeness (QED) is 0.232. The molecule has 0 saturated heterocycles. The van der Waals surface area contributed by atoms with Gasteiger partial charge in [-0.25, -0.2) is 19.0 Å². The number of methoxy groups -OCH3 is 1. The van der Waals surface area contributed by atoms with Crippen LogP contribution in [-0.4, -0.2) is 78.4 Å². The number of carbonyl (C=O) groups excluding carboxylic acids is 2. The van der Waals surface area contributed by atoms with E-state index in [-0.39, 0.29) is 25.5 Å². The molecule has 0 unspecified atom stereocenters. The number of rotatable bonds is 11. The van der Waals surface area contributed by atoms with Crippen molar-refractivity contribution in [1.82, 2.24) is 19.7 Å². The zero-order valence-electron chi connectivity index (χ0n) is 17.3. The van der Waals surface area contributed by atoms with Crippen molar-refractivity contribution < 1.29 is 28.7 Å². The minimum Gasteiger partial charge on any atom is -0.447 e. The highest BCUT2D eigenvalue weighted by Gasteiger charge is 2.16. The molecule has 2 rings (SSSR count). The number of pyridine rings is 1. The lowest BCUT2D eigenvalue weighted by atomic mass is 10.1. The van der Waals surface area contributed by atoms with Crippen LogP contribution in [0.3, 0.4) is 0 Å². The normalized spacial score (nSPS) is 10.7. The largest absolute Gasteiger partial charge is 0.447 e. The first-order valence-electron chi connectivity index (χ1n) is 9.37. The van der Waals surface area contributed by atoms with Crippen molar-refractivity contribution in [2.45, 2.75) is 4.90 Å². The molecule has 0 aliphatic rings. The molecule has 1 heterocycles. The van der Waals surface area contributed by atoms with Gasteiger partial charge in [-0.3, -0.25) is 15.0 Å². The third-order valence-electron chi connectivity index (χ3n) is 4.05. The van der Waals surface area contributed by atoms with E-state index in [2.05, 4.69) is 4.98 Å². The number of hydroxylamine groups is 1. The summed E-state index contributed by atoms with van der Waals surface area (Å²) in [6.45, 7) is 0.941. The van der Waals surface area contributed by atoms with E-state index < -0.39 is 12.0 Å². The number of aromatic nitrogens is 1. The van der Waals surface area contributed by atoms with Crippen molar-refractivity contribution in [2.24, 2.45) is 0 Å². The van der Waals surface area contributed by atoms with Crippen LogP contribution in [0.15, 0.2) is 47.5 Å². The number of benzene rings is 1. The van der Waals surface area contributed by atoms with Crippen LogP contribution in [0.25, 0.3) is 11.3 Å². The van der Waals surface area contributed by atoms with Crippen molar-refractivity contribution >= 4 is 23.9 Å². The number of carbonyl (C=O) groups is 2. The molecule has 2 N–H and O–H groups in total. The van der Waals surface area contributed by atoms with E-state index in [0.29, 0.717) is 24.4 Å². The molecule has 0 aliphatic carbocycles. The number of halogens is 1. The molecule has 1 aromatic carbocycles. The third kappa shape index (κ3) is 8.50. The van der Waals surface area contributed by atoms with E-state index in [1.54, 1.807) is 47.3 Å². The number of nitrogens with zero attached hydrogens (tertiary/aromatic N) is 3. The summed E-state index contributed by atoms with van der Waals surface area (Å²) in [6.07, 6.45) is 1.10. The van der Waals surface area contributed by atoms with Crippen LogP contribution in [0.1, 0.15) is 0 Å². The third-order valence-corrected chi connectivity index (χ3v) is 5.07. The minimum absolute atomic E-state index is 0.112. The Bertz CT molecular complexity index is 856. The van der Waals surface area contributed by atoms with Crippen molar-refractivity contribution in [1.29, 1.82) is 0 Å². The van der Waals surface area contributed by atoms with Gasteiger partial charge < -0.3 is 14.4 Å². The van der Waals surface area contributed by atoms with Gasteiger partial charge in [-0.1, -0.05) is 12.1 Å². The van der Waals surface area contributed by atoms with Gasteiger partial charge in [-0.15, -0.1) is 0 Å². The molecule has 0 radical (unpaired) electrons. The molecular formula is C20H25FN4O5S. The Labute approximate surface area is 184 Å². The van der Waals surface area contributed by atoms with Gasteiger partial charge in [0.2, 0.25) is 0 Å². The Morgan fingerprint density at radius 1 is 1.23 bits per heavy atom. The first kappa shape index (κ1) is 24.5. The van der Waals surface area contributed by atoms with Crippen molar-refractivity contribution in [2.75, 3.05) is 47.0 Å². The average molecular weight is 453 g/mol. The maximum Gasteiger partial charge on any atom is 0.409 e. The van der Waals surface area contributed by atoms with E-state index in [1.807, 2.05) is 0 Å². The van der Waals surface area contributed by atoms with Crippen LogP contribution in [-0.2, 0) is 14.3 Å². The SMILES string of the molecule is COCCOC(=O)N(C)CCN(CC(=O)NO)Sc1ccc(-c2cccc(F)c2)nc1. The number of nitrogens with one attached hydrogen (secondary N) is 1. The second-order valence-corrected chi connectivity index (χ2v) is 7.58. The fourth-order valence-electron chi connectivity index (χ4n) is 2.43. The van der Waals surface area contributed by atoms with E-state index in [1.165, 1.54) is 36.1 Å². The van der Waals surface area contributed by atoms with Crippen LogP contribution < -0.4 is 5.48 Å². The van der Waals surface area contributed by atoms with Gasteiger partial charge in [-0.2, -0.15) is 0 Å². The lowest BCUT2D eigenvalue weighted by Crippen LogP contribution is -2.38. The van der Waals surface area contributed by atoms with Gasteiger partial charge in [0.15, 0.2) is 0 Å². The first-order chi connectivity index (χ1) is 14.9. The minimum atomic E-state index is -0.595. The van der Waals surface area contributed by atoms with E-state index in [9.17, 15) is 14.0 Å². The van der Waals surface area contributed by atoms with Crippen LogP contribution in [0.2, 0.25) is 0 Å². The molecule has 0 bridgehead atoms. The predicted molar refractivity (Wildman–Crippen MR) is 113 cm³/mol. The van der Waals surface area contributed by atoms with Crippen molar-refractivity contribution in [3.63, 3.8) is 0 Å². The lowest BCUT2D eigenvalue weighted by molar-refractivity contribution is -0.129. The molecule has 0 fully saturated rings. The molecule has 1 aromatic heterocycles. The summed E-state index contributed by atoms with van der Waals surface area (Å²) >= 11 is 1.24. The number of ether oxygens (including phenoxy) is 2. The Kier molecular flexibility index (Phi) is 10.2. The summed E-state index contributed by atoms with van der Waals surface area (Å²) in [6, 6.07) is 9.68.